The number of pyridine rings is 1. The van der Waals surface area contributed by atoms with Crippen molar-refractivity contribution in [3.05, 3.63) is 58.7 Å². The molecule has 0 spiro atoms. The highest BCUT2D eigenvalue weighted by Crippen LogP contribution is 2.31. The molecule has 3 aromatic rings. The average Bonchev–Trinajstić information content (AvgIpc) is 2.86. The van der Waals surface area contributed by atoms with Gasteiger partial charge in [-0.3, -0.25) is 4.98 Å². The molecular weight excluding hydrogens is 264 g/mol. The fourth-order valence-corrected chi connectivity index (χ4v) is 3.43. The van der Waals surface area contributed by atoms with Crippen LogP contribution in [-0.4, -0.2) is 4.98 Å². The van der Waals surface area contributed by atoms with Crippen LogP contribution in [0.4, 0.5) is 5.69 Å². The van der Waals surface area contributed by atoms with Crippen LogP contribution in [0.5, 0.6) is 0 Å². The van der Waals surface area contributed by atoms with E-state index in [-0.39, 0.29) is 6.04 Å². The van der Waals surface area contributed by atoms with Crippen LogP contribution in [0.3, 0.4) is 0 Å². The number of hydrogen-bond donors (Lipinski definition) is 1. The second kappa shape index (κ2) is 5.25. The zero-order valence-electron chi connectivity index (χ0n) is 12.0. The molecule has 0 aliphatic carbocycles. The maximum atomic E-state index is 4.50. The van der Waals surface area contributed by atoms with Gasteiger partial charge in [0.25, 0.3) is 0 Å². The van der Waals surface area contributed by atoms with E-state index in [1.807, 2.05) is 31.3 Å². The molecule has 0 aliphatic rings. The van der Waals surface area contributed by atoms with E-state index < -0.39 is 0 Å². The number of rotatable bonds is 3. The van der Waals surface area contributed by atoms with Crippen molar-refractivity contribution < 1.29 is 0 Å². The molecule has 0 saturated carbocycles. The monoisotopic (exact) mass is 282 g/mol. The van der Waals surface area contributed by atoms with Gasteiger partial charge in [-0.2, -0.15) is 0 Å². The summed E-state index contributed by atoms with van der Waals surface area (Å²) in [6.07, 6.45) is 0. The molecule has 0 saturated heterocycles. The molecule has 3 rings (SSSR count). The molecule has 0 amide bonds. The summed E-state index contributed by atoms with van der Waals surface area (Å²) in [4.78, 5) is 5.86. The molecule has 102 valence electrons. The Hall–Kier alpha value is -1.87. The number of aryl methyl sites for hydroxylation is 2. The molecule has 0 fully saturated rings. The smallest absolute Gasteiger partial charge is 0.0607 e. The number of nitrogens with zero attached hydrogens (tertiary/aromatic N) is 1. The fraction of sp³-hybridized carbons (Fsp3) is 0.235. The van der Waals surface area contributed by atoms with Crippen LogP contribution in [0.25, 0.3) is 10.1 Å². The van der Waals surface area contributed by atoms with Gasteiger partial charge in [0.1, 0.15) is 0 Å². The minimum absolute atomic E-state index is 0.288. The Bertz CT molecular complexity index is 713. The first-order valence-electron chi connectivity index (χ1n) is 6.83. The van der Waals surface area contributed by atoms with Gasteiger partial charge in [0.2, 0.25) is 0 Å². The van der Waals surface area contributed by atoms with Gasteiger partial charge in [-0.05, 0) is 50.4 Å². The number of thiophene rings is 1. The maximum absolute atomic E-state index is 4.50. The second-order valence-electron chi connectivity index (χ2n) is 5.14. The number of nitrogens with one attached hydrogen (secondary N) is 1. The van der Waals surface area contributed by atoms with E-state index in [0.717, 1.165) is 17.1 Å². The van der Waals surface area contributed by atoms with Crippen LogP contribution >= 0.6 is 11.3 Å². The molecule has 2 heterocycles. The Labute approximate surface area is 123 Å². The first kappa shape index (κ1) is 13.1. The van der Waals surface area contributed by atoms with Crippen molar-refractivity contribution in [2.24, 2.45) is 0 Å². The van der Waals surface area contributed by atoms with Crippen molar-refractivity contribution in [3.63, 3.8) is 0 Å². The average molecular weight is 282 g/mol. The Balaban J connectivity index is 1.86. The van der Waals surface area contributed by atoms with Crippen molar-refractivity contribution in [3.8, 4) is 0 Å². The van der Waals surface area contributed by atoms with Gasteiger partial charge >= 0.3 is 0 Å². The molecule has 2 nitrogen and oxygen atoms in total. The van der Waals surface area contributed by atoms with Gasteiger partial charge in [-0.15, -0.1) is 11.3 Å². The summed E-state index contributed by atoms with van der Waals surface area (Å²) in [7, 11) is 0. The van der Waals surface area contributed by atoms with Gasteiger partial charge in [0.15, 0.2) is 0 Å². The second-order valence-corrected chi connectivity index (χ2v) is 6.25. The topological polar surface area (TPSA) is 24.9 Å². The molecule has 2 aromatic heterocycles. The lowest BCUT2D eigenvalue weighted by molar-refractivity contribution is 0.900. The van der Waals surface area contributed by atoms with Gasteiger partial charge in [-0.1, -0.05) is 18.2 Å². The van der Waals surface area contributed by atoms with E-state index in [1.165, 1.54) is 15.0 Å². The van der Waals surface area contributed by atoms with Crippen molar-refractivity contribution in [2.45, 2.75) is 26.8 Å². The highest BCUT2D eigenvalue weighted by molar-refractivity contribution is 7.19. The first-order valence-corrected chi connectivity index (χ1v) is 7.64. The van der Waals surface area contributed by atoms with Crippen LogP contribution in [-0.2, 0) is 0 Å². The highest BCUT2D eigenvalue weighted by Gasteiger charge is 2.10. The number of benzene rings is 1. The van der Waals surface area contributed by atoms with Crippen molar-refractivity contribution >= 4 is 27.1 Å². The van der Waals surface area contributed by atoms with E-state index >= 15 is 0 Å². The van der Waals surface area contributed by atoms with E-state index in [9.17, 15) is 0 Å². The molecule has 1 N–H and O–H groups in total. The normalized spacial score (nSPS) is 12.6. The molecule has 3 heteroatoms. The van der Waals surface area contributed by atoms with Crippen molar-refractivity contribution in [1.82, 2.24) is 4.98 Å². The van der Waals surface area contributed by atoms with Gasteiger partial charge in [0, 0.05) is 15.3 Å². The molecule has 1 aromatic carbocycles. The summed E-state index contributed by atoms with van der Waals surface area (Å²) in [5.74, 6) is 0. The quantitative estimate of drug-likeness (QED) is 0.724. The molecule has 0 aliphatic heterocycles. The summed E-state index contributed by atoms with van der Waals surface area (Å²) in [6.45, 7) is 6.27. The van der Waals surface area contributed by atoms with E-state index in [0.29, 0.717) is 0 Å². The highest BCUT2D eigenvalue weighted by atomic mass is 32.1. The SMILES string of the molecule is Cc1ccc(NC(C)c2cc3ccccc3s2)c(C)n1. The molecule has 1 unspecified atom stereocenters. The lowest BCUT2D eigenvalue weighted by Gasteiger charge is -2.15. The molecule has 0 bridgehead atoms. The number of hydrogen-bond acceptors (Lipinski definition) is 3. The van der Waals surface area contributed by atoms with Gasteiger partial charge in [0.05, 0.1) is 17.4 Å². The third kappa shape index (κ3) is 2.54. The molecule has 1 atom stereocenters. The maximum Gasteiger partial charge on any atom is 0.0607 e. The third-order valence-electron chi connectivity index (χ3n) is 3.47. The zero-order valence-corrected chi connectivity index (χ0v) is 12.8. The summed E-state index contributed by atoms with van der Waals surface area (Å²) >= 11 is 1.85. The summed E-state index contributed by atoms with van der Waals surface area (Å²) in [5.41, 5.74) is 3.22. The van der Waals surface area contributed by atoms with Crippen LogP contribution in [0.15, 0.2) is 42.5 Å². The summed E-state index contributed by atoms with van der Waals surface area (Å²) in [5, 5.41) is 4.88. The number of anilines is 1. The standard InChI is InChI=1S/C17H18N2S/c1-11-8-9-15(12(2)18-11)19-13(3)17-10-14-6-4-5-7-16(14)20-17/h4-10,13,19H,1-3H3. The van der Waals surface area contributed by atoms with E-state index in [4.69, 9.17) is 0 Å². The summed E-state index contributed by atoms with van der Waals surface area (Å²) in [6, 6.07) is 15.2. The van der Waals surface area contributed by atoms with Gasteiger partial charge in [-0.25, -0.2) is 0 Å². The largest absolute Gasteiger partial charge is 0.376 e. The van der Waals surface area contributed by atoms with Crippen LogP contribution in [0.1, 0.15) is 29.2 Å². The van der Waals surface area contributed by atoms with E-state index in [1.54, 1.807) is 0 Å². The van der Waals surface area contributed by atoms with E-state index in [2.05, 4.69) is 53.6 Å². The lowest BCUT2D eigenvalue weighted by Crippen LogP contribution is -2.07. The van der Waals surface area contributed by atoms with Crippen LogP contribution in [0.2, 0.25) is 0 Å². The van der Waals surface area contributed by atoms with Crippen LogP contribution < -0.4 is 5.32 Å². The first-order chi connectivity index (χ1) is 9.63. The predicted molar refractivity (Wildman–Crippen MR) is 87.6 cm³/mol. The molecular formula is C17H18N2S. The Morgan fingerprint density at radius 3 is 2.65 bits per heavy atom. The number of aromatic nitrogens is 1. The number of fused-ring (bicyclic) bond motifs is 1. The third-order valence-corrected chi connectivity index (χ3v) is 4.77. The molecule has 0 radical (unpaired) electrons. The minimum atomic E-state index is 0.288. The zero-order chi connectivity index (χ0) is 14.1. The van der Waals surface area contributed by atoms with Gasteiger partial charge < -0.3 is 5.32 Å². The fourth-order valence-electron chi connectivity index (χ4n) is 2.36. The van der Waals surface area contributed by atoms with Crippen molar-refractivity contribution in [2.75, 3.05) is 5.32 Å². The Morgan fingerprint density at radius 1 is 1.10 bits per heavy atom. The predicted octanol–water partition coefficient (Wildman–Crippen LogP) is 5.09. The summed E-state index contributed by atoms with van der Waals surface area (Å²) < 4.78 is 1.34. The lowest BCUT2D eigenvalue weighted by atomic mass is 10.2. The Kier molecular flexibility index (Phi) is 3.45. The Morgan fingerprint density at radius 2 is 1.90 bits per heavy atom. The van der Waals surface area contributed by atoms with Crippen molar-refractivity contribution in [1.29, 1.82) is 0 Å². The molecule has 20 heavy (non-hydrogen) atoms. The minimum Gasteiger partial charge on any atom is -0.376 e. The van der Waals surface area contributed by atoms with Crippen LogP contribution in [0, 0.1) is 13.8 Å².